The summed E-state index contributed by atoms with van der Waals surface area (Å²) in [5.41, 5.74) is 7.37. The molecule has 16 nitrogen and oxygen atoms in total. The highest BCUT2D eigenvalue weighted by molar-refractivity contribution is 6.36. The number of amides is 2. The second-order valence-electron chi connectivity index (χ2n) is 5.27. The van der Waals surface area contributed by atoms with Crippen LogP contribution in [0.1, 0.15) is 0 Å². The summed E-state index contributed by atoms with van der Waals surface area (Å²) in [5.74, 6) is -2.56. The van der Waals surface area contributed by atoms with E-state index in [1.165, 1.54) is 7.05 Å². The molecule has 3 rings (SSSR count). The molecule has 1 aliphatic rings. The van der Waals surface area contributed by atoms with Crippen LogP contribution in [0.15, 0.2) is 31.7 Å². The van der Waals surface area contributed by atoms with E-state index in [4.69, 9.17) is 11.5 Å². The Bertz CT molecular complexity index is 1320. The molecule has 0 fully saturated rings. The van der Waals surface area contributed by atoms with Gasteiger partial charge in [0.25, 0.3) is 5.56 Å². The lowest BCUT2D eigenvalue weighted by Gasteiger charge is -1.99. The van der Waals surface area contributed by atoms with E-state index >= 15 is 0 Å². The number of nitrogen functional groups attached to an aromatic ring is 2. The average Bonchev–Trinajstić information content (AvgIpc) is 2.65. The van der Waals surface area contributed by atoms with Crippen LogP contribution in [0.25, 0.3) is 0 Å². The Morgan fingerprint density at radius 1 is 1.00 bits per heavy atom. The maximum Gasteiger partial charge on any atom is 0.373 e. The van der Waals surface area contributed by atoms with E-state index in [0.717, 1.165) is 16.7 Å². The van der Waals surface area contributed by atoms with Crippen molar-refractivity contribution in [3.8, 4) is 0 Å². The van der Waals surface area contributed by atoms with Gasteiger partial charge >= 0.3 is 28.9 Å². The van der Waals surface area contributed by atoms with Crippen LogP contribution in [-0.4, -0.2) is 31.2 Å². The summed E-state index contributed by atoms with van der Waals surface area (Å²) in [7, 11) is 1.32. The van der Waals surface area contributed by atoms with Gasteiger partial charge in [0.15, 0.2) is 5.36 Å². The van der Waals surface area contributed by atoms with E-state index in [-0.39, 0.29) is 16.9 Å². The van der Waals surface area contributed by atoms with Gasteiger partial charge in [0.2, 0.25) is 0 Å². The predicted molar refractivity (Wildman–Crippen MR) is 93.2 cm³/mol. The third kappa shape index (κ3) is 3.84. The first-order valence-corrected chi connectivity index (χ1v) is 7.27. The molecule has 1 aliphatic heterocycles. The third-order valence-corrected chi connectivity index (χ3v) is 3.48. The van der Waals surface area contributed by atoms with Crippen LogP contribution in [-0.2, 0) is 16.6 Å². The second-order valence-corrected chi connectivity index (χ2v) is 5.27. The van der Waals surface area contributed by atoms with Gasteiger partial charge < -0.3 is 11.5 Å². The molecule has 5 N–H and O–H groups in total. The summed E-state index contributed by atoms with van der Waals surface area (Å²) in [4.78, 5) is 71.7. The number of rotatable bonds is 2. The fraction of sp³-hybridized carbons (Fsp3) is 0.0769. The number of nitro benzene ring substituents is 2. The van der Waals surface area contributed by atoms with E-state index in [1.54, 1.807) is 0 Å². The van der Waals surface area contributed by atoms with Gasteiger partial charge in [-0.2, -0.15) is 4.99 Å². The number of H-pyrrole nitrogens is 1. The van der Waals surface area contributed by atoms with Crippen LogP contribution in [0.3, 0.4) is 0 Å². The molecule has 0 saturated heterocycles. The SMILES string of the molecule is Cn1c(=O)[nH]c(N)c(N)c1=O.O=C1N=c2ccc([N+](=O)[O-])c([N+](=O)[O-])c2=NC1=O. The average molecular weight is 406 g/mol. The minimum atomic E-state index is -1.30. The molecule has 1 aromatic carbocycles. The number of nitrogens with zero attached hydrogens (tertiary/aromatic N) is 5. The van der Waals surface area contributed by atoms with Crippen molar-refractivity contribution < 1.29 is 19.4 Å². The topological polar surface area (TPSA) is 252 Å². The molecule has 0 spiro atoms. The number of carbonyl (C=O) groups excluding carboxylic acids is 2. The van der Waals surface area contributed by atoms with Crippen molar-refractivity contribution in [1.82, 2.24) is 9.55 Å². The Morgan fingerprint density at radius 2 is 1.59 bits per heavy atom. The Morgan fingerprint density at radius 3 is 2.14 bits per heavy atom. The molecule has 0 aliphatic carbocycles. The standard InChI is InChI=1S/C8H2N4O6.C5H8N4O2/c13-7-8(14)10-5-3(9-7)1-2-4(11(15)16)6(5)12(17)18;1-9-4(10)2(6)3(7)8-5(9)11/h1-2H;6-7H2,1H3,(H,8,11). The van der Waals surface area contributed by atoms with Crippen molar-refractivity contribution >= 4 is 34.7 Å². The Kier molecular flexibility index (Phi) is 5.29. The quantitative estimate of drug-likeness (QED) is 0.259. The molecule has 16 heteroatoms. The first-order valence-electron chi connectivity index (χ1n) is 7.27. The number of nitrogens with two attached hydrogens (primary N) is 2. The molecular weight excluding hydrogens is 396 g/mol. The summed E-state index contributed by atoms with van der Waals surface area (Å²) in [6.07, 6.45) is 0. The lowest BCUT2D eigenvalue weighted by atomic mass is 10.2. The lowest BCUT2D eigenvalue weighted by molar-refractivity contribution is -0.423. The monoisotopic (exact) mass is 406 g/mol. The van der Waals surface area contributed by atoms with Crippen molar-refractivity contribution in [2.75, 3.05) is 11.5 Å². The molecule has 150 valence electrons. The summed E-state index contributed by atoms with van der Waals surface area (Å²) in [6, 6.07) is 1.85. The highest BCUT2D eigenvalue weighted by Crippen LogP contribution is 2.20. The van der Waals surface area contributed by atoms with Crippen molar-refractivity contribution in [3.63, 3.8) is 0 Å². The highest BCUT2D eigenvalue weighted by atomic mass is 16.6. The normalized spacial score (nSPS) is 12.0. The molecule has 29 heavy (non-hydrogen) atoms. The first kappa shape index (κ1) is 20.6. The van der Waals surface area contributed by atoms with Gasteiger partial charge in [0.1, 0.15) is 16.9 Å². The number of nitrogens with one attached hydrogen (secondary N) is 1. The molecular formula is C13H10N8O8. The van der Waals surface area contributed by atoms with Crippen molar-refractivity contribution in [1.29, 1.82) is 0 Å². The number of carbonyl (C=O) groups is 2. The van der Waals surface area contributed by atoms with E-state index in [0.29, 0.717) is 0 Å². The van der Waals surface area contributed by atoms with E-state index in [9.17, 15) is 39.4 Å². The minimum Gasteiger partial charge on any atom is -0.391 e. The van der Waals surface area contributed by atoms with Gasteiger partial charge in [0, 0.05) is 13.1 Å². The molecule has 2 aromatic rings. The molecule has 1 aromatic heterocycles. The lowest BCUT2D eigenvalue weighted by Crippen LogP contribution is -2.36. The zero-order valence-corrected chi connectivity index (χ0v) is 14.3. The molecule has 0 atom stereocenters. The van der Waals surface area contributed by atoms with Gasteiger partial charge in [-0.25, -0.2) is 9.79 Å². The van der Waals surface area contributed by atoms with Gasteiger partial charge in [-0.05, 0) is 6.07 Å². The van der Waals surface area contributed by atoms with Gasteiger partial charge in [0.05, 0.1) is 9.85 Å². The van der Waals surface area contributed by atoms with Crippen LogP contribution in [0.5, 0.6) is 0 Å². The maximum absolute atomic E-state index is 11.0. The molecule has 0 radical (unpaired) electrons. The van der Waals surface area contributed by atoms with Crippen LogP contribution >= 0.6 is 0 Å². The molecule has 2 amide bonds. The number of benzene rings is 1. The van der Waals surface area contributed by atoms with Crippen LogP contribution in [0.4, 0.5) is 22.9 Å². The van der Waals surface area contributed by atoms with Crippen LogP contribution in [0, 0.1) is 20.2 Å². The Labute approximate surface area is 157 Å². The van der Waals surface area contributed by atoms with Crippen molar-refractivity contribution in [3.05, 3.63) is 63.9 Å². The third-order valence-electron chi connectivity index (χ3n) is 3.48. The number of hydrogen-bond acceptors (Lipinski definition) is 10. The molecule has 0 saturated carbocycles. The number of nitro groups is 2. The zero-order valence-electron chi connectivity index (χ0n) is 14.3. The maximum atomic E-state index is 11.0. The van der Waals surface area contributed by atoms with Gasteiger partial charge in [-0.15, -0.1) is 0 Å². The fourth-order valence-electron chi connectivity index (χ4n) is 2.05. The largest absolute Gasteiger partial charge is 0.391 e. The molecule has 2 heterocycles. The van der Waals surface area contributed by atoms with Crippen LogP contribution < -0.4 is 33.4 Å². The van der Waals surface area contributed by atoms with E-state index < -0.39 is 49.6 Å². The minimum absolute atomic E-state index is 0.0851. The van der Waals surface area contributed by atoms with Gasteiger partial charge in [-0.1, -0.05) is 0 Å². The highest BCUT2D eigenvalue weighted by Gasteiger charge is 2.30. The van der Waals surface area contributed by atoms with Crippen LogP contribution in [0.2, 0.25) is 0 Å². The summed E-state index contributed by atoms with van der Waals surface area (Å²) in [5, 5.41) is 20.6. The first-order chi connectivity index (χ1) is 13.5. The van der Waals surface area contributed by atoms with Crippen molar-refractivity contribution in [2.24, 2.45) is 17.0 Å². The smallest absolute Gasteiger partial charge is 0.373 e. The fourth-order valence-corrected chi connectivity index (χ4v) is 2.05. The number of aromatic amines is 1. The number of hydrogen-bond donors (Lipinski definition) is 3. The predicted octanol–water partition coefficient (Wildman–Crippen LogP) is -2.95. The number of anilines is 2. The second kappa shape index (κ2) is 7.47. The Hall–Kier alpha value is -4.76. The number of fused-ring (bicyclic) bond motifs is 1. The zero-order chi connectivity index (χ0) is 22.0. The number of aromatic nitrogens is 2. The Balaban J connectivity index is 0.000000234. The summed E-state index contributed by atoms with van der Waals surface area (Å²) >= 11 is 0. The molecule has 0 unspecified atom stereocenters. The molecule has 0 bridgehead atoms. The van der Waals surface area contributed by atoms with E-state index in [1.807, 2.05) is 0 Å². The summed E-state index contributed by atoms with van der Waals surface area (Å²) in [6.45, 7) is 0. The van der Waals surface area contributed by atoms with Gasteiger partial charge in [-0.3, -0.25) is 44.2 Å². The van der Waals surface area contributed by atoms with E-state index in [2.05, 4.69) is 15.0 Å². The van der Waals surface area contributed by atoms with Crippen molar-refractivity contribution in [2.45, 2.75) is 0 Å². The summed E-state index contributed by atoms with van der Waals surface area (Å²) < 4.78 is 0.853.